The van der Waals surface area contributed by atoms with Crippen LogP contribution in [0.5, 0.6) is 5.75 Å². The third-order valence-electron chi connectivity index (χ3n) is 2.98. The zero-order valence-corrected chi connectivity index (χ0v) is 10.5. The van der Waals surface area contributed by atoms with Crippen LogP contribution in [0.4, 0.5) is 10.2 Å². The quantitative estimate of drug-likeness (QED) is 0.885. The number of halogens is 1. The molecule has 0 saturated heterocycles. The van der Waals surface area contributed by atoms with Gasteiger partial charge in [-0.05, 0) is 43.2 Å². The van der Waals surface area contributed by atoms with Crippen LogP contribution < -0.4 is 10.5 Å². The highest BCUT2D eigenvalue weighted by Gasteiger charge is 2.14. The predicted molar refractivity (Wildman–Crippen MR) is 67.9 cm³/mol. The van der Waals surface area contributed by atoms with Gasteiger partial charge >= 0.3 is 0 Å². The van der Waals surface area contributed by atoms with Gasteiger partial charge in [0.05, 0.1) is 7.11 Å². The van der Waals surface area contributed by atoms with Crippen LogP contribution in [-0.4, -0.2) is 17.3 Å². The van der Waals surface area contributed by atoms with Gasteiger partial charge in [-0.25, -0.2) is 4.39 Å². The Bertz CT molecular complexity index is 599. The molecule has 1 aromatic heterocycles. The summed E-state index contributed by atoms with van der Waals surface area (Å²) in [4.78, 5) is 0. The predicted octanol–water partition coefficient (Wildman–Crippen LogP) is 2.49. The standard InChI is InChI=1S/C13H14FN3O/c1-7-8(2)13(15)17-16-12(7)10-6-9(14)4-5-11(10)18-3/h4-6H,1-3H3,(H2,15,17). The second-order valence-electron chi connectivity index (χ2n) is 4.03. The maximum Gasteiger partial charge on any atom is 0.149 e. The van der Waals surface area contributed by atoms with Crippen molar-refractivity contribution in [2.75, 3.05) is 12.8 Å². The lowest BCUT2D eigenvalue weighted by atomic mass is 10.0. The molecule has 0 bridgehead atoms. The molecular formula is C13H14FN3O. The molecule has 94 valence electrons. The van der Waals surface area contributed by atoms with E-state index in [0.717, 1.165) is 11.1 Å². The van der Waals surface area contributed by atoms with E-state index in [0.29, 0.717) is 22.8 Å². The van der Waals surface area contributed by atoms with Crippen LogP contribution in [0.2, 0.25) is 0 Å². The number of nitrogens with two attached hydrogens (primary N) is 1. The average Bonchev–Trinajstić information content (AvgIpc) is 2.36. The van der Waals surface area contributed by atoms with Crippen molar-refractivity contribution >= 4 is 5.82 Å². The molecule has 1 heterocycles. The first-order valence-electron chi connectivity index (χ1n) is 5.48. The highest BCUT2D eigenvalue weighted by Crippen LogP contribution is 2.32. The van der Waals surface area contributed by atoms with Gasteiger partial charge in [-0.15, -0.1) is 10.2 Å². The molecule has 5 heteroatoms. The monoisotopic (exact) mass is 247 g/mol. The van der Waals surface area contributed by atoms with Gasteiger partial charge in [0.1, 0.15) is 23.1 Å². The van der Waals surface area contributed by atoms with Crippen LogP contribution in [0.25, 0.3) is 11.3 Å². The summed E-state index contributed by atoms with van der Waals surface area (Å²) in [5, 5.41) is 7.91. The van der Waals surface area contributed by atoms with E-state index in [1.165, 1.54) is 19.2 Å². The Morgan fingerprint density at radius 2 is 1.89 bits per heavy atom. The fourth-order valence-corrected chi connectivity index (χ4v) is 1.74. The van der Waals surface area contributed by atoms with Gasteiger partial charge in [-0.2, -0.15) is 0 Å². The summed E-state index contributed by atoms with van der Waals surface area (Å²) in [5.41, 5.74) is 8.55. The van der Waals surface area contributed by atoms with E-state index in [1.807, 2.05) is 13.8 Å². The Hall–Kier alpha value is -2.17. The maximum atomic E-state index is 13.4. The molecule has 0 aliphatic carbocycles. The smallest absolute Gasteiger partial charge is 0.149 e. The van der Waals surface area contributed by atoms with Crippen LogP contribution in [0.1, 0.15) is 11.1 Å². The molecule has 0 radical (unpaired) electrons. The molecule has 0 fully saturated rings. The van der Waals surface area contributed by atoms with Gasteiger partial charge in [0.2, 0.25) is 0 Å². The van der Waals surface area contributed by atoms with E-state index >= 15 is 0 Å². The summed E-state index contributed by atoms with van der Waals surface area (Å²) in [6.07, 6.45) is 0. The van der Waals surface area contributed by atoms with Crippen molar-refractivity contribution in [3.05, 3.63) is 35.1 Å². The molecule has 4 nitrogen and oxygen atoms in total. The molecule has 2 N–H and O–H groups in total. The van der Waals surface area contributed by atoms with Crippen LogP contribution in [0.3, 0.4) is 0 Å². The minimum Gasteiger partial charge on any atom is -0.496 e. The Balaban J connectivity index is 2.69. The van der Waals surface area contributed by atoms with Crippen molar-refractivity contribution < 1.29 is 9.13 Å². The third-order valence-corrected chi connectivity index (χ3v) is 2.98. The Labute approximate surface area is 105 Å². The minimum absolute atomic E-state index is 0.346. The summed E-state index contributed by atoms with van der Waals surface area (Å²) < 4.78 is 18.6. The number of nitrogen functional groups attached to an aromatic ring is 1. The SMILES string of the molecule is COc1ccc(F)cc1-c1nnc(N)c(C)c1C. The topological polar surface area (TPSA) is 61.0 Å². The van der Waals surface area contributed by atoms with Gasteiger partial charge in [-0.1, -0.05) is 0 Å². The Morgan fingerprint density at radius 3 is 2.56 bits per heavy atom. The molecule has 0 atom stereocenters. The van der Waals surface area contributed by atoms with Crippen molar-refractivity contribution in [3.8, 4) is 17.0 Å². The van der Waals surface area contributed by atoms with Crippen molar-refractivity contribution in [2.45, 2.75) is 13.8 Å². The summed E-state index contributed by atoms with van der Waals surface area (Å²) in [5.74, 6) is 0.589. The number of aromatic nitrogens is 2. The molecule has 0 saturated carbocycles. The molecule has 0 amide bonds. The summed E-state index contributed by atoms with van der Waals surface area (Å²) in [7, 11) is 1.53. The number of ether oxygens (including phenoxy) is 1. The van der Waals surface area contributed by atoms with Crippen molar-refractivity contribution in [2.24, 2.45) is 0 Å². The van der Waals surface area contributed by atoms with E-state index in [4.69, 9.17) is 10.5 Å². The number of hydrogen-bond donors (Lipinski definition) is 1. The Morgan fingerprint density at radius 1 is 1.17 bits per heavy atom. The third kappa shape index (κ3) is 1.99. The lowest BCUT2D eigenvalue weighted by Gasteiger charge is -2.12. The fraction of sp³-hybridized carbons (Fsp3) is 0.231. The lowest BCUT2D eigenvalue weighted by molar-refractivity contribution is 0.415. The number of hydrogen-bond acceptors (Lipinski definition) is 4. The molecule has 18 heavy (non-hydrogen) atoms. The highest BCUT2D eigenvalue weighted by atomic mass is 19.1. The van der Waals surface area contributed by atoms with Crippen molar-refractivity contribution in [3.63, 3.8) is 0 Å². The molecular weight excluding hydrogens is 233 g/mol. The van der Waals surface area contributed by atoms with E-state index in [-0.39, 0.29) is 5.82 Å². The zero-order chi connectivity index (χ0) is 13.3. The number of rotatable bonds is 2. The second kappa shape index (κ2) is 4.60. The molecule has 0 spiro atoms. The molecule has 2 aromatic rings. The van der Waals surface area contributed by atoms with Crippen molar-refractivity contribution in [1.82, 2.24) is 10.2 Å². The second-order valence-corrected chi connectivity index (χ2v) is 4.03. The molecule has 0 unspecified atom stereocenters. The van der Waals surface area contributed by atoms with Crippen LogP contribution >= 0.6 is 0 Å². The first-order valence-corrected chi connectivity index (χ1v) is 5.48. The highest BCUT2D eigenvalue weighted by molar-refractivity contribution is 5.71. The van der Waals surface area contributed by atoms with Crippen LogP contribution in [0.15, 0.2) is 18.2 Å². The molecule has 0 aliphatic rings. The van der Waals surface area contributed by atoms with Gasteiger partial charge in [0.15, 0.2) is 0 Å². The largest absolute Gasteiger partial charge is 0.496 e. The molecule has 0 aliphatic heterocycles. The van der Waals surface area contributed by atoms with Crippen molar-refractivity contribution in [1.29, 1.82) is 0 Å². The van der Waals surface area contributed by atoms with E-state index < -0.39 is 0 Å². The number of methoxy groups -OCH3 is 1. The Kier molecular flexibility index (Phi) is 3.14. The summed E-state index contributed by atoms with van der Waals surface area (Å²) >= 11 is 0. The van der Waals surface area contributed by atoms with Gasteiger partial charge < -0.3 is 10.5 Å². The van der Waals surface area contributed by atoms with Gasteiger partial charge in [0.25, 0.3) is 0 Å². The van der Waals surface area contributed by atoms with E-state index in [1.54, 1.807) is 6.07 Å². The zero-order valence-electron chi connectivity index (χ0n) is 10.5. The summed E-state index contributed by atoms with van der Waals surface area (Å²) in [6.45, 7) is 3.73. The van der Waals surface area contributed by atoms with Crippen LogP contribution in [-0.2, 0) is 0 Å². The number of nitrogens with zero attached hydrogens (tertiary/aromatic N) is 2. The number of benzene rings is 1. The maximum absolute atomic E-state index is 13.4. The van der Waals surface area contributed by atoms with Crippen LogP contribution in [0, 0.1) is 19.7 Å². The minimum atomic E-state index is -0.346. The van der Waals surface area contributed by atoms with E-state index in [9.17, 15) is 4.39 Å². The first-order chi connectivity index (χ1) is 8.54. The number of anilines is 1. The van der Waals surface area contributed by atoms with Gasteiger partial charge in [-0.3, -0.25) is 0 Å². The summed E-state index contributed by atoms with van der Waals surface area (Å²) in [6, 6.07) is 4.29. The van der Waals surface area contributed by atoms with Gasteiger partial charge in [0, 0.05) is 5.56 Å². The lowest BCUT2D eigenvalue weighted by Crippen LogP contribution is -2.03. The molecule has 2 rings (SSSR count). The fourth-order valence-electron chi connectivity index (χ4n) is 1.74. The van der Waals surface area contributed by atoms with E-state index in [2.05, 4.69) is 10.2 Å². The average molecular weight is 247 g/mol. The molecule has 1 aromatic carbocycles. The first kappa shape index (κ1) is 12.3. The normalized spacial score (nSPS) is 10.4.